The second kappa shape index (κ2) is 8.39. The lowest BCUT2D eigenvalue weighted by molar-refractivity contribution is 0.102. The van der Waals surface area contributed by atoms with E-state index in [-0.39, 0.29) is 5.91 Å². The van der Waals surface area contributed by atoms with Crippen LogP contribution in [0.25, 0.3) is 6.08 Å². The van der Waals surface area contributed by atoms with Crippen LogP contribution in [0, 0.1) is 0 Å². The van der Waals surface area contributed by atoms with Crippen molar-refractivity contribution in [3.05, 3.63) is 64.7 Å². The zero-order valence-electron chi connectivity index (χ0n) is 13.3. The Morgan fingerprint density at radius 1 is 1.22 bits per heavy atom. The summed E-state index contributed by atoms with van der Waals surface area (Å²) in [7, 11) is 1.55. The normalized spacial score (nSPS) is 10.7. The third kappa shape index (κ3) is 4.86. The van der Waals surface area contributed by atoms with Crippen molar-refractivity contribution in [2.45, 2.75) is 19.8 Å². The van der Waals surface area contributed by atoms with Gasteiger partial charge in [0.25, 0.3) is 5.91 Å². The van der Waals surface area contributed by atoms with E-state index in [9.17, 15) is 4.79 Å². The number of halogens is 1. The third-order valence-corrected chi connectivity index (χ3v) is 3.64. The number of amides is 1. The van der Waals surface area contributed by atoms with Gasteiger partial charge in [0.05, 0.1) is 12.1 Å². The molecule has 2 aromatic rings. The molecule has 0 heterocycles. The van der Waals surface area contributed by atoms with Crippen molar-refractivity contribution >= 4 is 29.3 Å². The van der Waals surface area contributed by atoms with Gasteiger partial charge in [-0.05, 0) is 42.3 Å². The molecule has 0 aliphatic carbocycles. The fourth-order valence-electron chi connectivity index (χ4n) is 2.08. The molecule has 3 nitrogen and oxygen atoms in total. The molecule has 0 radical (unpaired) electrons. The van der Waals surface area contributed by atoms with Gasteiger partial charge in [0, 0.05) is 11.3 Å². The summed E-state index contributed by atoms with van der Waals surface area (Å²) in [5.41, 5.74) is 2.32. The summed E-state index contributed by atoms with van der Waals surface area (Å²) in [4.78, 5) is 12.2. The van der Waals surface area contributed by atoms with Crippen molar-refractivity contribution < 1.29 is 9.53 Å². The fraction of sp³-hybridized carbons (Fsp3) is 0.211. The molecule has 23 heavy (non-hydrogen) atoms. The summed E-state index contributed by atoms with van der Waals surface area (Å²) in [5, 5.41) is 3.29. The molecule has 1 N–H and O–H groups in total. The van der Waals surface area contributed by atoms with E-state index in [0.29, 0.717) is 22.0 Å². The van der Waals surface area contributed by atoms with Crippen LogP contribution in [0.1, 0.15) is 35.7 Å². The van der Waals surface area contributed by atoms with Crippen LogP contribution in [0.5, 0.6) is 5.75 Å². The van der Waals surface area contributed by atoms with Gasteiger partial charge in [0.1, 0.15) is 5.75 Å². The van der Waals surface area contributed by atoms with E-state index >= 15 is 0 Å². The Labute approximate surface area is 141 Å². The molecule has 0 bridgehead atoms. The molecule has 0 aliphatic heterocycles. The van der Waals surface area contributed by atoms with E-state index in [1.807, 2.05) is 24.3 Å². The number of carbonyl (C=O) groups is 1. The molecular weight excluding hydrogens is 310 g/mol. The smallest absolute Gasteiger partial charge is 0.255 e. The second-order valence-electron chi connectivity index (χ2n) is 5.12. The van der Waals surface area contributed by atoms with Gasteiger partial charge in [-0.1, -0.05) is 49.2 Å². The quantitative estimate of drug-likeness (QED) is 0.769. The van der Waals surface area contributed by atoms with E-state index in [1.54, 1.807) is 25.3 Å². The number of hydrogen-bond acceptors (Lipinski definition) is 2. The largest absolute Gasteiger partial charge is 0.495 e. The number of ether oxygens (including phenoxy) is 1. The lowest BCUT2D eigenvalue weighted by Gasteiger charge is -2.08. The third-order valence-electron chi connectivity index (χ3n) is 3.35. The number of rotatable bonds is 6. The number of carbonyl (C=O) groups excluding carboxylic acids is 1. The molecule has 0 saturated heterocycles. The minimum atomic E-state index is -0.171. The van der Waals surface area contributed by atoms with Crippen LogP contribution in [0.15, 0.2) is 48.5 Å². The standard InChI is InChI=1S/C19H20ClNO2/c1-3-4-5-6-14-7-9-15(10-8-14)19(22)21-16-11-12-18(23-2)17(20)13-16/h5-13H,3-4H2,1-2H3,(H,21,22)/b6-5+. The molecule has 0 unspecified atom stereocenters. The van der Waals surface area contributed by atoms with Gasteiger partial charge in [0.15, 0.2) is 0 Å². The van der Waals surface area contributed by atoms with Gasteiger partial charge < -0.3 is 10.1 Å². The van der Waals surface area contributed by atoms with Crippen LogP contribution in [0.3, 0.4) is 0 Å². The lowest BCUT2D eigenvalue weighted by atomic mass is 10.1. The highest BCUT2D eigenvalue weighted by Crippen LogP contribution is 2.27. The predicted octanol–water partition coefficient (Wildman–Crippen LogP) is 5.41. The number of hydrogen-bond donors (Lipinski definition) is 1. The SMILES string of the molecule is CCC/C=C/c1ccc(C(=O)Nc2ccc(OC)c(Cl)c2)cc1. The fourth-order valence-corrected chi connectivity index (χ4v) is 2.34. The highest BCUT2D eigenvalue weighted by molar-refractivity contribution is 6.32. The van der Waals surface area contributed by atoms with Gasteiger partial charge in [-0.3, -0.25) is 4.79 Å². The number of anilines is 1. The second-order valence-corrected chi connectivity index (χ2v) is 5.52. The van der Waals surface area contributed by atoms with E-state index in [2.05, 4.69) is 24.4 Å². The zero-order valence-corrected chi connectivity index (χ0v) is 14.1. The molecule has 0 aliphatic rings. The topological polar surface area (TPSA) is 38.3 Å². The average molecular weight is 330 g/mol. The first-order valence-corrected chi connectivity index (χ1v) is 7.93. The molecule has 0 atom stereocenters. The maximum absolute atomic E-state index is 12.2. The zero-order chi connectivity index (χ0) is 16.7. The summed E-state index contributed by atoms with van der Waals surface area (Å²) in [6.07, 6.45) is 6.38. The van der Waals surface area contributed by atoms with Crippen molar-refractivity contribution in [1.82, 2.24) is 0 Å². The van der Waals surface area contributed by atoms with Crippen molar-refractivity contribution in [2.24, 2.45) is 0 Å². The van der Waals surface area contributed by atoms with Crippen LogP contribution < -0.4 is 10.1 Å². The molecule has 2 rings (SSSR count). The Balaban J connectivity index is 2.04. The number of unbranched alkanes of at least 4 members (excludes halogenated alkanes) is 1. The monoisotopic (exact) mass is 329 g/mol. The van der Waals surface area contributed by atoms with E-state index < -0.39 is 0 Å². The molecule has 0 fully saturated rings. The first kappa shape index (κ1) is 17.1. The van der Waals surface area contributed by atoms with Gasteiger partial charge in [0.2, 0.25) is 0 Å². The maximum atomic E-state index is 12.2. The molecule has 120 valence electrons. The molecule has 0 saturated carbocycles. The first-order valence-electron chi connectivity index (χ1n) is 7.55. The Bertz CT molecular complexity index is 693. The summed E-state index contributed by atoms with van der Waals surface area (Å²) in [6.45, 7) is 2.14. The van der Waals surface area contributed by atoms with Gasteiger partial charge in [-0.15, -0.1) is 0 Å². The van der Waals surface area contributed by atoms with Crippen LogP contribution in [0.4, 0.5) is 5.69 Å². The van der Waals surface area contributed by atoms with Crippen molar-refractivity contribution in [2.75, 3.05) is 12.4 Å². The molecule has 1 amide bonds. The van der Waals surface area contributed by atoms with Crippen LogP contribution in [-0.4, -0.2) is 13.0 Å². The maximum Gasteiger partial charge on any atom is 0.255 e. The number of methoxy groups -OCH3 is 1. The molecule has 0 spiro atoms. The van der Waals surface area contributed by atoms with Crippen molar-refractivity contribution in [1.29, 1.82) is 0 Å². The minimum Gasteiger partial charge on any atom is -0.495 e. The predicted molar refractivity (Wildman–Crippen MR) is 96.3 cm³/mol. The Morgan fingerprint density at radius 2 is 1.96 bits per heavy atom. The van der Waals surface area contributed by atoms with Crippen LogP contribution >= 0.6 is 11.6 Å². The van der Waals surface area contributed by atoms with Crippen LogP contribution in [0.2, 0.25) is 5.02 Å². The molecule has 4 heteroatoms. The van der Waals surface area contributed by atoms with Gasteiger partial charge >= 0.3 is 0 Å². The average Bonchev–Trinajstić information content (AvgIpc) is 2.56. The van der Waals surface area contributed by atoms with E-state index in [0.717, 1.165) is 18.4 Å². The lowest BCUT2D eigenvalue weighted by Crippen LogP contribution is -2.11. The minimum absolute atomic E-state index is 0.171. The summed E-state index contributed by atoms with van der Waals surface area (Å²) in [6, 6.07) is 12.6. The summed E-state index contributed by atoms with van der Waals surface area (Å²) < 4.78 is 5.09. The Hall–Kier alpha value is -2.26. The van der Waals surface area contributed by atoms with Crippen molar-refractivity contribution in [3.8, 4) is 5.75 Å². The van der Waals surface area contributed by atoms with Crippen molar-refractivity contribution in [3.63, 3.8) is 0 Å². The number of nitrogens with one attached hydrogen (secondary N) is 1. The van der Waals surface area contributed by atoms with Gasteiger partial charge in [-0.2, -0.15) is 0 Å². The molecule has 2 aromatic carbocycles. The Morgan fingerprint density at radius 3 is 2.57 bits per heavy atom. The van der Waals surface area contributed by atoms with E-state index in [4.69, 9.17) is 16.3 Å². The van der Waals surface area contributed by atoms with Gasteiger partial charge in [-0.25, -0.2) is 0 Å². The summed E-state index contributed by atoms with van der Waals surface area (Å²) >= 11 is 6.06. The van der Waals surface area contributed by atoms with E-state index in [1.165, 1.54) is 0 Å². The Kier molecular flexibility index (Phi) is 6.24. The summed E-state index contributed by atoms with van der Waals surface area (Å²) in [5.74, 6) is 0.406. The molecule has 0 aromatic heterocycles. The molecular formula is C19H20ClNO2. The number of allylic oxidation sites excluding steroid dienone is 1. The van der Waals surface area contributed by atoms with Crippen LogP contribution in [-0.2, 0) is 0 Å². The highest BCUT2D eigenvalue weighted by Gasteiger charge is 2.07. The number of benzene rings is 2. The highest BCUT2D eigenvalue weighted by atomic mass is 35.5. The first-order chi connectivity index (χ1) is 11.1.